The van der Waals surface area contributed by atoms with Crippen LogP contribution in [0.15, 0.2) is 40.8 Å². The van der Waals surface area contributed by atoms with Crippen LogP contribution in [0.4, 0.5) is 0 Å². The van der Waals surface area contributed by atoms with E-state index >= 15 is 0 Å². The zero-order valence-corrected chi connectivity index (χ0v) is 10.3. The van der Waals surface area contributed by atoms with Gasteiger partial charge in [0.2, 0.25) is 5.89 Å². The summed E-state index contributed by atoms with van der Waals surface area (Å²) in [5.74, 6) is 0.816. The van der Waals surface area contributed by atoms with E-state index < -0.39 is 0 Å². The largest absolute Gasteiger partial charge is 0.508 e. The maximum Gasteiger partial charge on any atom is 0.227 e. The van der Waals surface area contributed by atoms with Gasteiger partial charge in [0.25, 0.3) is 0 Å². The first-order valence-electron chi connectivity index (χ1n) is 5.81. The van der Waals surface area contributed by atoms with Gasteiger partial charge in [-0.2, -0.15) is 0 Å². The lowest BCUT2D eigenvalue weighted by molar-refractivity contribution is 0.475. The lowest BCUT2D eigenvalue weighted by Crippen LogP contribution is -1.79. The lowest BCUT2D eigenvalue weighted by Gasteiger charge is -1.96. The molecule has 90 valence electrons. The molecule has 0 saturated heterocycles. The summed E-state index contributed by atoms with van der Waals surface area (Å²) >= 11 is 0. The Bertz CT molecular complexity index is 672. The van der Waals surface area contributed by atoms with Crippen LogP contribution in [0.2, 0.25) is 0 Å². The maximum absolute atomic E-state index is 9.27. The van der Waals surface area contributed by atoms with E-state index in [1.165, 1.54) is 11.1 Å². The standard InChI is InChI=1S/C15H13NO2/c1-9-7-13-14(8-10(9)2)18-15(16-13)11-3-5-12(17)6-4-11/h3-8,17H,1-2H3. The second kappa shape index (κ2) is 3.88. The smallest absolute Gasteiger partial charge is 0.227 e. The molecule has 3 nitrogen and oxygen atoms in total. The molecule has 0 fully saturated rings. The summed E-state index contributed by atoms with van der Waals surface area (Å²) in [6.07, 6.45) is 0. The first kappa shape index (κ1) is 10.8. The van der Waals surface area contributed by atoms with Crippen molar-refractivity contribution in [1.82, 2.24) is 4.98 Å². The van der Waals surface area contributed by atoms with E-state index in [9.17, 15) is 5.11 Å². The van der Waals surface area contributed by atoms with Crippen LogP contribution < -0.4 is 0 Å². The average molecular weight is 239 g/mol. The van der Waals surface area contributed by atoms with E-state index in [2.05, 4.69) is 18.8 Å². The molecule has 0 spiro atoms. The highest BCUT2D eigenvalue weighted by molar-refractivity contribution is 5.78. The normalized spacial score (nSPS) is 11.0. The minimum Gasteiger partial charge on any atom is -0.508 e. The zero-order chi connectivity index (χ0) is 12.7. The van der Waals surface area contributed by atoms with Crippen LogP contribution in [0, 0.1) is 13.8 Å². The SMILES string of the molecule is Cc1cc2nc(-c3ccc(O)cc3)oc2cc1C. The Morgan fingerprint density at radius 1 is 1.00 bits per heavy atom. The fourth-order valence-electron chi connectivity index (χ4n) is 1.91. The van der Waals surface area contributed by atoms with Crippen LogP contribution >= 0.6 is 0 Å². The molecule has 0 aliphatic carbocycles. The van der Waals surface area contributed by atoms with Gasteiger partial charge in [0.05, 0.1) is 0 Å². The van der Waals surface area contributed by atoms with Gasteiger partial charge in [0.15, 0.2) is 5.58 Å². The first-order chi connectivity index (χ1) is 8.63. The van der Waals surface area contributed by atoms with Gasteiger partial charge in [0, 0.05) is 5.56 Å². The van der Waals surface area contributed by atoms with Crippen molar-refractivity contribution in [3.8, 4) is 17.2 Å². The molecule has 0 aliphatic rings. The highest BCUT2D eigenvalue weighted by atomic mass is 16.3. The van der Waals surface area contributed by atoms with E-state index in [4.69, 9.17) is 4.42 Å². The minimum atomic E-state index is 0.238. The van der Waals surface area contributed by atoms with Gasteiger partial charge in [-0.15, -0.1) is 0 Å². The van der Waals surface area contributed by atoms with Gasteiger partial charge in [-0.1, -0.05) is 0 Å². The summed E-state index contributed by atoms with van der Waals surface area (Å²) in [6, 6.07) is 10.9. The van der Waals surface area contributed by atoms with Crippen molar-refractivity contribution in [2.24, 2.45) is 0 Å². The average Bonchev–Trinajstić information content (AvgIpc) is 2.73. The van der Waals surface area contributed by atoms with Gasteiger partial charge in [-0.05, 0) is 61.4 Å². The predicted octanol–water partition coefficient (Wildman–Crippen LogP) is 3.82. The molecule has 0 amide bonds. The van der Waals surface area contributed by atoms with Crippen molar-refractivity contribution in [2.75, 3.05) is 0 Å². The molecular weight excluding hydrogens is 226 g/mol. The number of nitrogens with zero attached hydrogens (tertiary/aromatic N) is 1. The Morgan fingerprint density at radius 3 is 2.39 bits per heavy atom. The molecular formula is C15H13NO2. The van der Waals surface area contributed by atoms with Crippen molar-refractivity contribution in [3.05, 3.63) is 47.5 Å². The minimum absolute atomic E-state index is 0.238. The Morgan fingerprint density at radius 2 is 1.67 bits per heavy atom. The summed E-state index contributed by atoms with van der Waals surface area (Å²) in [4.78, 5) is 4.47. The van der Waals surface area contributed by atoms with Gasteiger partial charge in [0.1, 0.15) is 11.3 Å². The van der Waals surface area contributed by atoms with Crippen molar-refractivity contribution in [3.63, 3.8) is 0 Å². The quantitative estimate of drug-likeness (QED) is 0.702. The van der Waals surface area contributed by atoms with Crippen molar-refractivity contribution >= 4 is 11.1 Å². The van der Waals surface area contributed by atoms with Gasteiger partial charge in [-0.3, -0.25) is 0 Å². The van der Waals surface area contributed by atoms with Gasteiger partial charge in [-0.25, -0.2) is 4.98 Å². The van der Waals surface area contributed by atoms with Crippen LogP contribution in [-0.2, 0) is 0 Å². The highest BCUT2D eigenvalue weighted by Gasteiger charge is 2.09. The third-order valence-corrected chi connectivity index (χ3v) is 3.12. The molecule has 0 aliphatic heterocycles. The van der Waals surface area contributed by atoms with Gasteiger partial charge < -0.3 is 9.52 Å². The number of benzene rings is 2. The lowest BCUT2D eigenvalue weighted by atomic mass is 10.1. The van der Waals surface area contributed by atoms with Crippen LogP contribution in [0.5, 0.6) is 5.75 Å². The number of hydrogen-bond donors (Lipinski definition) is 1. The number of aromatic nitrogens is 1. The molecule has 0 bridgehead atoms. The van der Waals surface area contributed by atoms with Crippen molar-refractivity contribution in [1.29, 1.82) is 0 Å². The highest BCUT2D eigenvalue weighted by Crippen LogP contribution is 2.27. The third kappa shape index (κ3) is 1.74. The number of phenols is 1. The summed E-state index contributed by atoms with van der Waals surface area (Å²) in [5, 5.41) is 9.27. The second-order valence-corrected chi connectivity index (χ2v) is 4.47. The van der Waals surface area contributed by atoms with Crippen molar-refractivity contribution < 1.29 is 9.52 Å². The molecule has 0 saturated carbocycles. The third-order valence-electron chi connectivity index (χ3n) is 3.12. The van der Waals surface area contributed by atoms with E-state index in [1.807, 2.05) is 12.1 Å². The Hall–Kier alpha value is -2.29. The number of aromatic hydroxyl groups is 1. The molecule has 0 radical (unpaired) electrons. The topological polar surface area (TPSA) is 46.3 Å². The molecule has 18 heavy (non-hydrogen) atoms. The number of phenolic OH excluding ortho intramolecular Hbond substituents is 1. The molecule has 2 aromatic carbocycles. The number of rotatable bonds is 1. The maximum atomic E-state index is 9.27. The molecule has 3 heteroatoms. The fourth-order valence-corrected chi connectivity index (χ4v) is 1.91. The number of aryl methyl sites for hydroxylation is 2. The van der Waals surface area contributed by atoms with Crippen molar-refractivity contribution in [2.45, 2.75) is 13.8 Å². The molecule has 0 unspecified atom stereocenters. The second-order valence-electron chi connectivity index (χ2n) is 4.47. The molecule has 3 rings (SSSR count). The summed E-state index contributed by atoms with van der Waals surface area (Å²) in [5.41, 5.74) is 4.91. The molecule has 1 heterocycles. The molecule has 1 aromatic heterocycles. The Kier molecular flexibility index (Phi) is 2.33. The Balaban J connectivity index is 2.16. The Labute approximate surface area is 105 Å². The van der Waals surface area contributed by atoms with Crippen LogP contribution in [0.3, 0.4) is 0 Å². The molecule has 3 aromatic rings. The van der Waals surface area contributed by atoms with Crippen LogP contribution in [0.25, 0.3) is 22.6 Å². The molecule has 0 atom stereocenters. The number of hydrogen-bond acceptors (Lipinski definition) is 3. The van der Waals surface area contributed by atoms with E-state index in [0.717, 1.165) is 16.7 Å². The predicted molar refractivity (Wildman–Crippen MR) is 70.6 cm³/mol. The monoisotopic (exact) mass is 239 g/mol. The zero-order valence-electron chi connectivity index (χ0n) is 10.3. The summed E-state index contributed by atoms with van der Waals surface area (Å²) in [6.45, 7) is 4.11. The van der Waals surface area contributed by atoms with Crippen LogP contribution in [-0.4, -0.2) is 10.1 Å². The van der Waals surface area contributed by atoms with E-state index in [-0.39, 0.29) is 5.75 Å². The fraction of sp³-hybridized carbons (Fsp3) is 0.133. The first-order valence-corrected chi connectivity index (χ1v) is 5.81. The van der Waals surface area contributed by atoms with Gasteiger partial charge >= 0.3 is 0 Å². The van der Waals surface area contributed by atoms with E-state index in [0.29, 0.717) is 5.89 Å². The molecule has 1 N–H and O–H groups in total. The number of oxazole rings is 1. The summed E-state index contributed by atoms with van der Waals surface area (Å²) in [7, 11) is 0. The number of fused-ring (bicyclic) bond motifs is 1. The van der Waals surface area contributed by atoms with E-state index in [1.54, 1.807) is 24.3 Å². The van der Waals surface area contributed by atoms with Crippen LogP contribution in [0.1, 0.15) is 11.1 Å². The summed E-state index contributed by atoms with van der Waals surface area (Å²) < 4.78 is 5.74.